The van der Waals surface area contributed by atoms with E-state index in [9.17, 15) is 8.78 Å². The molecular weight excluding hydrogens is 210 g/mol. The average Bonchev–Trinajstić information content (AvgIpc) is 2.51. The van der Waals surface area contributed by atoms with Crippen LogP contribution in [-0.4, -0.2) is 9.78 Å². The molecule has 0 atom stereocenters. The number of benzene rings is 1. The van der Waals surface area contributed by atoms with Crippen LogP contribution in [0.1, 0.15) is 17.0 Å². The summed E-state index contributed by atoms with van der Waals surface area (Å²) < 4.78 is 28.0. The van der Waals surface area contributed by atoms with E-state index in [4.69, 9.17) is 0 Å². The Morgan fingerprint density at radius 3 is 2.56 bits per heavy atom. The number of hydrogen-bond acceptors (Lipinski definition) is 1. The van der Waals surface area contributed by atoms with Crippen LogP contribution in [0.15, 0.2) is 24.3 Å². The molecule has 16 heavy (non-hydrogen) atoms. The maximum atomic E-state index is 13.4. The molecule has 0 aliphatic carbocycles. The van der Waals surface area contributed by atoms with Crippen molar-refractivity contribution in [1.29, 1.82) is 0 Å². The topological polar surface area (TPSA) is 17.8 Å². The van der Waals surface area contributed by atoms with Gasteiger partial charge in [0.15, 0.2) is 0 Å². The lowest BCUT2D eigenvalue weighted by Gasteiger charge is -2.05. The molecule has 0 unspecified atom stereocenters. The highest BCUT2D eigenvalue weighted by Gasteiger charge is 2.07. The van der Waals surface area contributed by atoms with E-state index in [0.717, 1.165) is 23.5 Å². The summed E-state index contributed by atoms with van der Waals surface area (Å²) in [7, 11) is 0. The maximum absolute atomic E-state index is 13.4. The first-order valence-corrected chi connectivity index (χ1v) is 5.01. The SMILES string of the molecule is Cc1cc(C)n(Cc2cc(F)ccc2F)n1. The van der Waals surface area contributed by atoms with Gasteiger partial charge in [-0.05, 0) is 38.1 Å². The third kappa shape index (κ3) is 2.10. The molecule has 2 nitrogen and oxygen atoms in total. The van der Waals surface area contributed by atoms with Crippen molar-refractivity contribution < 1.29 is 8.78 Å². The number of rotatable bonds is 2. The number of nitrogens with zero attached hydrogens (tertiary/aromatic N) is 2. The molecule has 84 valence electrons. The van der Waals surface area contributed by atoms with E-state index in [0.29, 0.717) is 5.56 Å². The zero-order chi connectivity index (χ0) is 11.7. The van der Waals surface area contributed by atoms with Crippen LogP contribution in [0.5, 0.6) is 0 Å². The summed E-state index contributed by atoms with van der Waals surface area (Å²) in [6, 6.07) is 5.35. The van der Waals surface area contributed by atoms with Gasteiger partial charge >= 0.3 is 0 Å². The van der Waals surface area contributed by atoms with Crippen LogP contribution >= 0.6 is 0 Å². The molecule has 0 saturated heterocycles. The highest BCUT2D eigenvalue weighted by Crippen LogP contribution is 2.12. The molecule has 0 radical (unpaired) electrons. The fraction of sp³-hybridized carbons (Fsp3) is 0.250. The van der Waals surface area contributed by atoms with Crippen molar-refractivity contribution in [2.45, 2.75) is 20.4 Å². The van der Waals surface area contributed by atoms with E-state index in [2.05, 4.69) is 5.10 Å². The summed E-state index contributed by atoms with van der Waals surface area (Å²) in [6.07, 6.45) is 0. The highest BCUT2D eigenvalue weighted by molar-refractivity contribution is 5.20. The number of halogens is 2. The lowest BCUT2D eigenvalue weighted by atomic mass is 10.2. The van der Waals surface area contributed by atoms with Crippen molar-refractivity contribution in [2.24, 2.45) is 0 Å². The van der Waals surface area contributed by atoms with Crippen LogP contribution in [0.25, 0.3) is 0 Å². The zero-order valence-electron chi connectivity index (χ0n) is 9.17. The third-order valence-electron chi connectivity index (χ3n) is 2.43. The van der Waals surface area contributed by atoms with E-state index in [1.807, 2.05) is 19.9 Å². The molecule has 1 aromatic carbocycles. The van der Waals surface area contributed by atoms with Gasteiger partial charge in [-0.25, -0.2) is 8.78 Å². The highest BCUT2D eigenvalue weighted by atomic mass is 19.1. The van der Waals surface area contributed by atoms with Crippen molar-refractivity contribution in [3.05, 3.63) is 52.9 Å². The van der Waals surface area contributed by atoms with Gasteiger partial charge in [0.2, 0.25) is 0 Å². The van der Waals surface area contributed by atoms with Crippen LogP contribution in [-0.2, 0) is 6.54 Å². The second kappa shape index (κ2) is 4.04. The molecule has 0 amide bonds. The van der Waals surface area contributed by atoms with Crippen molar-refractivity contribution in [3.63, 3.8) is 0 Å². The van der Waals surface area contributed by atoms with E-state index in [-0.39, 0.29) is 6.54 Å². The molecule has 2 rings (SSSR count). The minimum absolute atomic E-state index is 0.253. The largest absolute Gasteiger partial charge is 0.265 e. The van der Waals surface area contributed by atoms with Gasteiger partial charge in [0.1, 0.15) is 11.6 Å². The molecule has 0 bridgehead atoms. The Hall–Kier alpha value is -1.71. The van der Waals surface area contributed by atoms with Gasteiger partial charge in [-0.2, -0.15) is 5.10 Å². The Morgan fingerprint density at radius 2 is 1.94 bits per heavy atom. The molecule has 1 heterocycles. The summed E-state index contributed by atoms with van der Waals surface area (Å²) >= 11 is 0. The smallest absolute Gasteiger partial charge is 0.128 e. The van der Waals surface area contributed by atoms with Crippen molar-refractivity contribution in [3.8, 4) is 0 Å². The quantitative estimate of drug-likeness (QED) is 0.764. The molecule has 0 aliphatic rings. The van der Waals surface area contributed by atoms with Gasteiger partial charge in [0, 0.05) is 11.3 Å². The molecule has 0 N–H and O–H groups in total. The van der Waals surface area contributed by atoms with Crippen LogP contribution in [0, 0.1) is 25.5 Å². The number of aryl methyl sites for hydroxylation is 2. The van der Waals surface area contributed by atoms with Gasteiger partial charge in [-0.3, -0.25) is 4.68 Å². The van der Waals surface area contributed by atoms with E-state index in [1.54, 1.807) is 4.68 Å². The fourth-order valence-corrected chi connectivity index (χ4v) is 1.66. The minimum atomic E-state index is -0.432. The summed E-state index contributed by atoms with van der Waals surface area (Å²) in [5, 5.41) is 4.20. The van der Waals surface area contributed by atoms with Gasteiger partial charge in [0.25, 0.3) is 0 Å². The molecule has 4 heteroatoms. The first-order valence-electron chi connectivity index (χ1n) is 5.01. The van der Waals surface area contributed by atoms with Crippen LogP contribution in [0.4, 0.5) is 8.78 Å². The fourth-order valence-electron chi connectivity index (χ4n) is 1.66. The summed E-state index contributed by atoms with van der Waals surface area (Å²) in [5.41, 5.74) is 2.11. The van der Waals surface area contributed by atoms with Crippen molar-refractivity contribution in [2.75, 3.05) is 0 Å². The van der Waals surface area contributed by atoms with Gasteiger partial charge in [-0.1, -0.05) is 0 Å². The molecule has 2 aromatic rings. The Kier molecular flexibility index (Phi) is 2.73. The van der Waals surface area contributed by atoms with Crippen LogP contribution in [0.3, 0.4) is 0 Å². The Balaban J connectivity index is 2.33. The van der Waals surface area contributed by atoms with Crippen molar-refractivity contribution in [1.82, 2.24) is 9.78 Å². The molecule has 1 aromatic heterocycles. The Labute approximate surface area is 92.5 Å². The second-order valence-corrected chi connectivity index (χ2v) is 3.82. The number of aromatic nitrogens is 2. The van der Waals surface area contributed by atoms with E-state index >= 15 is 0 Å². The first-order chi connectivity index (χ1) is 7.56. The Morgan fingerprint density at radius 1 is 1.19 bits per heavy atom. The molecule has 0 spiro atoms. The van der Waals surface area contributed by atoms with Gasteiger partial charge in [0.05, 0.1) is 12.2 Å². The summed E-state index contributed by atoms with van der Waals surface area (Å²) in [5.74, 6) is -0.841. The molecular formula is C12H12F2N2. The molecule has 0 saturated carbocycles. The maximum Gasteiger partial charge on any atom is 0.128 e. The van der Waals surface area contributed by atoms with Gasteiger partial charge < -0.3 is 0 Å². The van der Waals surface area contributed by atoms with Crippen LogP contribution in [0.2, 0.25) is 0 Å². The Bertz CT molecular complexity index is 518. The second-order valence-electron chi connectivity index (χ2n) is 3.82. The molecule has 0 fully saturated rings. The van der Waals surface area contributed by atoms with Crippen LogP contribution < -0.4 is 0 Å². The molecule has 0 aliphatic heterocycles. The monoisotopic (exact) mass is 222 g/mol. The summed E-state index contributed by atoms with van der Waals surface area (Å²) in [4.78, 5) is 0. The lowest BCUT2D eigenvalue weighted by molar-refractivity contribution is 0.562. The standard InChI is InChI=1S/C12H12F2N2/c1-8-5-9(2)16(15-8)7-10-6-11(13)3-4-12(10)14/h3-6H,7H2,1-2H3. The summed E-state index contributed by atoms with van der Waals surface area (Å²) in [6.45, 7) is 4.01. The van der Waals surface area contributed by atoms with Crippen molar-refractivity contribution >= 4 is 0 Å². The normalized spacial score (nSPS) is 10.8. The van der Waals surface area contributed by atoms with E-state index in [1.165, 1.54) is 6.07 Å². The predicted molar refractivity (Wildman–Crippen MR) is 57.2 cm³/mol. The average molecular weight is 222 g/mol. The van der Waals surface area contributed by atoms with Gasteiger partial charge in [-0.15, -0.1) is 0 Å². The lowest BCUT2D eigenvalue weighted by Crippen LogP contribution is -2.06. The number of hydrogen-bond donors (Lipinski definition) is 0. The predicted octanol–water partition coefficient (Wildman–Crippen LogP) is 2.83. The zero-order valence-corrected chi connectivity index (χ0v) is 9.17. The third-order valence-corrected chi connectivity index (χ3v) is 2.43. The van der Waals surface area contributed by atoms with E-state index < -0.39 is 11.6 Å². The first kappa shape index (κ1) is 10.8. The minimum Gasteiger partial charge on any atom is -0.265 e.